The van der Waals surface area contributed by atoms with E-state index in [4.69, 9.17) is 16.9 Å². The number of sulfonamides is 1. The lowest BCUT2D eigenvalue weighted by Crippen LogP contribution is -2.20. The molecule has 0 saturated heterocycles. The Morgan fingerprint density at radius 2 is 2.10 bits per heavy atom. The maximum Gasteiger partial charge on any atom is 0.267 e. The van der Waals surface area contributed by atoms with Crippen LogP contribution in [-0.2, 0) is 10.0 Å². The molecule has 30 heavy (non-hydrogen) atoms. The maximum absolute atomic E-state index is 13.4. The molecular weight excluding hydrogens is 426 g/mol. The molecule has 1 aromatic carbocycles. The van der Waals surface area contributed by atoms with Gasteiger partial charge in [-0.25, -0.2) is 13.1 Å². The van der Waals surface area contributed by atoms with Crippen LogP contribution in [0.5, 0.6) is 0 Å². The smallest absolute Gasteiger partial charge is 0.267 e. The fourth-order valence-corrected chi connectivity index (χ4v) is 4.80. The van der Waals surface area contributed by atoms with Gasteiger partial charge in [0.1, 0.15) is 9.77 Å². The molecule has 158 valence electrons. The van der Waals surface area contributed by atoms with E-state index in [1.54, 1.807) is 0 Å². The van der Waals surface area contributed by atoms with Crippen LogP contribution in [0.4, 0.5) is 11.6 Å². The van der Waals surface area contributed by atoms with Crippen molar-refractivity contribution in [3.63, 3.8) is 0 Å². The van der Waals surface area contributed by atoms with E-state index in [1.165, 1.54) is 32.2 Å². The Bertz CT molecular complexity index is 1580. The molecule has 0 fully saturated rings. The third-order valence-corrected chi connectivity index (χ3v) is 6.29. The van der Waals surface area contributed by atoms with E-state index in [-0.39, 0.29) is 26.8 Å². The van der Waals surface area contributed by atoms with Crippen molar-refractivity contribution in [3.8, 4) is 0 Å². The summed E-state index contributed by atoms with van der Waals surface area (Å²) in [4.78, 5) is 24.7. The molecule has 0 aliphatic heterocycles. The van der Waals surface area contributed by atoms with Gasteiger partial charge >= 0.3 is 0 Å². The number of thiophene rings is 1. The summed E-state index contributed by atoms with van der Waals surface area (Å²) in [6, 6.07) is 1.80. The molecular formula is C20H21N3O5S2. The summed E-state index contributed by atoms with van der Waals surface area (Å²) in [6.45, 7) is -2.02. The van der Waals surface area contributed by atoms with E-state index in [0.717, 1.165) is 6.07 Å². The minimum Gasteiger partial charge on any atom is -0.337 e. The molecule has 0 saturated carbocycles. The van der Waals surface area contributed by atoms with E-state index in [0.29, 0.717) is 11.3 Å². The van der Waals surface area contributed by atoms with Crippen LogP contribution >= 0.6 is 11.3 Å². The zero-order valence-electron chi connectivity index (χ0n) is 24.9. The van der Waals surface area contributed by atoms with E-state index in [1.807, 2.05) is 0 Å². The van der Waals surface area contributed by atoms with Crippen LogP contribution in [0.3, 0.4) is 0 Å². The molecule has 0 aliphatic carbocycles. The van der Waals surface area contributed by atoms with Gasteiger partial charge in [-0.3, -0.25) is 9.59 Å². The molecule has 0 atom stereocenters. The SMILES string of the molecule is [2H]c1c(C)cc(C)c(N([2H])C(=O)c2sccc2S(=O)(=O)N([2H])c2onc(C)c2C([2H])([2H])[2H])c1C(=O)C([2H])([2H])[2H]. The van der Waals surface area contributed by atoms with Gasteiger partial charge in [0, 0.05) is 19.4 Å². The molecule has 2 aromatic heterocycles. The Hall–Kier alpha value is -2.98. The molecule has 0 aliphatic rings. The molecule has 3 aromatic rings. The first kappa shape index (κ1) is 12.7. The van der Waals surface area contributed by atoms with Crippen LogP contribution in [0.2, 0.25) is 2.82 Å². The number of rotatable bonds is 6. The lowest BCUT2D eigenvalue weighted by atomic mass is 10.0. The van der Waals surface area contributed by atoms with Crippen molar-refractivity contribution in [3.05, 3.63) is 56.4 Å². The highest BCUT2D eigenvalue weighted by Crippen LogP contribution is 2.29. The normalized spacial score (nSPS) is 16.6. The first-order valence-corrected chi connectivity index (χ1v) is 10.6. The summed E-state index contributed by atoms with van der Waals surface area (Å²) < 4.78 is 101. The molecule has 0 radical (unpaired) electrons. The first-order chi connectivity index (χ1) is 17.7. The van der Waals surface area contributed by atoms with Crippen molar-refractivity contribution in [1.82, 2.24) is 5.16 Å². The lowest BCUT2D eigenvalue weighted by Gasteiger charge is -2.14. The fourth-order valence-electron chi connectivity index (χ4n) is 2.58. The van der Waals surface area contributed by atoms with Gasteiger partial charge in [0.25, 0.3) is 15.9 Å². The quantitative estimate of drug-likeness (QED) is 0.536. The molecule has 8 nitrogen and oxygen atoms in total. The van der Waals surface area contributed by atoms with Crippen LogP contribution in [0.15, 0.2) is 33.0 Å². The molecule has 0 unspecified atom stereocenters. The summed E-state index contributed by atoms with van der Waals surface area (Å²) in [7, 11) is -4.98. The minimum atomic E-state index is -4.98. The average molecular weight is 457 g/mol. The summed E-state index contributed by atoms with van der Waals surface area (Å²) in [5, 5.41) is 4.73. The van der Waals surface area contributed by atoms with E-state index in [9.17, 15) is 18.0 Å². The topological polar surface area (TPSA) is 118 Å². The predicted octanol–water partition coefficient (Wildman–Crippen LogP) is 4.23. The number of anilines is 2. The number of hydrogen-bond acceptors (Lipinski definition) is 7. The Kier molecular flexibility index (Phi) is 3.39. The van der Waals surface area contributed by atoms with Gasteiger partial charge in [-0.1, -0.05) is 11.2 Å². The van der Waals surface area contributed by atoms with Crippen LogP contribution in [0, 0.1) is 27.6 Å². The number of aryl methyl sites for hydroxylation is 3. The highest BCUT2D eigenvalue weighted by molar-refractivity contribution is 7.93. The minimum absolute atomic E-state index is 0.0991. The van der Waals surface area contributed by atoms with Crippen molar-refractivity contribution in [1.29, 1.82) is 0 Å². The number of hydrogen-bond donors (Lipinski definition) is 2. The van der Waals surface area contributed by atoms with Gasteiger partial charge in [-0.15, -0.1) is 11.3 Å². The van der Waals surface area contributed by atoms with Crippen molar-refractivity contribution in [2.75, 3.05) is 10.0 Å². The number of ketones is 1. The van der Waals surface area contributed by atoms with E-state index < -0.39 is 73.9 Å². The number of nitrogens with one attached hydrogen (secondary N) is 2. The van der Waals surface area contributed by atoms with Crippen molar-refractivity contribution in [2.45, 2.75) is 39.4 Å². The second-order valence-corrected chi connectivity index (χ2v) is 8.72. The van der Waals surface area contributed by atoms with Gasteiger partial charge < -0.3 is 9.83 Å². The summed E-state index contributed by atoms with van der Waals surface area (Å²) >= 11 is 0.567. The van der Waals surface area contributed by atoms with Crippen LogP contribution in [0.1, 0.15) is 58.9 Å². The number of amides is 1. The fraction of sp³-hybridized carbons (Fsp3) is 0.250. The molecule has 3 rings (SSSR count). The van der Waals surface area contributed by atoms with E-state index >= 15 is 0 Å². The Morgan fingerprint density at radius 3 is 2.80 bits per heavy atom. The Balaban J connectivity index is 2.14. The molecule has 0 bridgehead atoms. The number of nitrogens with zero attached hydrogens (tertiary/aromatic N) is 1. The van der Waals surface area contributed by atoms with Gasteiger partial charge in [0.05, 0.1) is 12.8 Å². The third kappa shape index (κ3) is 4.14. The molecule has 10 heteroatoms. The van der Waals surface area contributed by atoms with Crippen LogP contribution in [0.25, 0.3) is 0 Å². The molecule has 2 heterocycles. The van der Waals surface area contributed by atoms with Crippen LogP contribution < -0.4 is 10.0 Å². The zero-order valence-corrected chi connectivity index (χ0v) is 17.6. The van der Waals surface area contributed by atoms with Gasteiger partial charge in [0.15, 0.2) is 8.61 Å². The number of carbonyl (C=O) groups is 2. The third-order valence-electron chi connectivity index (χ3n) is 3.95. The monoisotopic (exact) mass is 456 g/mol. The van der Waals surface area contributed by atoms with Gasteiger partial charge in [-0.05, 0) is 63.1 Å². The number of Topliss-reactive ketones (excluding diaryl/α,β-unsaturated/α-hetero) is 1. The number of carbonyl (C=O) groups excluding carboxylic acids is 2. The number of aromatic nitrogens is 1. The molecule has 1 amide bonds. The van der Waals surface area contributed by atoms with Crippen molar-refractivity contribution in [2.24, 2.45) is 0 Å². The lowest BCUT2D eigenvalue weighted by molar-refractivity contribution is 0.101. The highest BCUT2D eigenvalue weighted by atomic mass is 32.2. The first-order valence-electron chi connectivity index (χ1n) is 12.7. The predicted molar refractivity (Wildman–Crippen MR) is 115 cm³/mol. The summed E-state index contributed by atoms with van der Waals surface area (Å²) in [5.41, 5.74) is -1.73. The van der Waals surface area contributed by atoms with Gasteiger partial charge in [0.2, 0.25) is 5.88 Å². The number of benzene rings is 1. The largest absolute Gasteiger partial charge is 0.337 e. The maximum atomic E-state index is 13.4. The van der Waals surface area contributed by atoms with Crippen molar-refractivity contribution < 1.29 is 34.9 Å². The van der Waals surface area contributed by atoms with Gasteiger partial charge in [-0.2, -0.15) is 0 Å². The summed E-state index contributed by atoms with van der Waals surface area (Å²) in [6.07, 6.45) is 0. The molecule has 2 N–H and O–H groups in total. The van der Waals surface area contributed by atoms with Crippen LogP contribution in [-0.4, -0.2) is 25.3 Å². The summed E-state index contributed by atoms with van der Waals surface area (Å²) in [5.74, 6) is -3.71. The Labute approximate surface area is 191 Å². The highest BCUT2D eigenvalue weighted by Gasteiger charge is 2.27. The zero-order chi connectivity index (χ0) is 29.8. The molecule has 0 spiro atoms. The van der Waals surface area contributed by atoms with Crippen molar-refractivity contribution >= 4 is 44.6 Å². The second-order valence-electron chi connectivity index (χ2n) is 6.23. The average Bonchev–Trinajstić information content (AvgIpc) is 3.45. The Morgan fingerprint density at radius 1 is 1.33 bits per heavy atom. The second kappa shape index (κ2) is 8.04. The standard InChI is InChI=1S/C20H21N3O5S2/c1-10-8-11(2)17(15(9-10)14(5)24)21-19(25)18-16(6-7-29-18)30(26,27)23-20-12(3)13(4)22-28-20/h6-9,23H,1-5H3,(H,21,25)/i3D3,5D3,9D/hD2. The van der Waals surface area contributed by atoms with E-state index in [2.05, 4.69) is 5.16 Å².